The molecule has 0 heterocycles. The summed E-state index contributed by atoms with van der Waals surface area (Å²) in [5.74, 6) is -1.02. The van der Waals surface area contributed by atoms with E-state index in [9.17, 15) is 9.59 Å². The summed E-state index contributed by atoms with van der Waals surface area (Å²) in [4.78, 5) is 22.3. The zero-order valence-corrected chi connectivity index (χ0v) is 9.79. The quantitative estimate of drug-likeness (QED) is 0.656. The van der Waals surface area contributed by atoms with Crippen molar-refractivity contribution in [3.05, 3.63) is 0 Å². The summed E-state index contributed by atoms with van der Waals surface area (Å²) >= 11 is 0. The molecule has 0 rings (SSSR count). The van der Waals surface area contributed by atoms with Crippen LogP contribution < -0.4 is 5.73 Å². The molecule has 0 aromatic rings. The van der Waals surface area contributed by atoms with E-state index in [1.807, 2.05) is 6.92 Å². The van der Waals surface area contributed by atoms with Crippen LogP contribution >= 0.6 is 0 Å². The predicted molar refractivity (Wildman–Crippen MR) is 58.1 cm³/mol. The van der Waals surface area contributed by atoms with Crippen molar-refractivity contribution in [3.63, 3.8) is 0 Å². The fourth-order valence-corrected chi connectivity index (χ4v) is 1.27. The maximum Gasteiger partial charge on any atom is 0.309 e. The molecule has 1 amide bonds. The molecule has 2 atom stereocenters. The minimum atomic E-state index is -0.826. The van der Waals surface area contributed by atoms with Gasteiger partial charge in [-0.3, -0.25) is 9.59 Å². The normalized spacial score (nSPS) is 14.3. The maximum atomic E-state index is 11.6. The third-order valence-electron chi connectivity index (χ3n) is 2.43. The van der Waals surface area contributed by atoms with Gasteiger partial charge in [0.15, 0.2) is 6.10 Å². The molecule has 0 bridgehead atoms. The van der Waals surface area contributed by atoms with E-state index in [-0.39, 0.29) is 11.9 Å². The molecule has 0 aliphatic rings. The monoisotopic (exact) mass is 215 g/mol. The lowest BCUT2D eigenvalue weighted by Crippen LogP contribution is -2.32. The van der Waals surface area contributed by atoms with Gasteiger partial charge in [0, 0.05) is 0 Å². The molecular weight excluding hydrogens is 194 g/mol. The zero-order valence-electron chi connectivity index (χ0n) is 9.79. The predicted octanol–water partition coefficient (Wildman–Crippen LogP) is 1.62. The van der Waals surface area contributed by atoms with Crippen molar-refractivity contribution in [1.82, 2.24) is 0 Å². The second-order valence-electron chi connectivity index (χ2n) is 3.73. The van der Waals surface area contributed by atoms with Crippen molar-refractivity contribution >= 4 is 11.9 Å². The summed E-state index contributed by atoms with van der Waals surface area (Å²) in [5.41, 5.74) is 5.01. The first kappa shape index (κ1) is 13.9. The minimum Gasteiger partial charge on any atom is -0.452 e. The van der Waals surface area contributed by atoms with Crippen LogP contribution in [0.3, 0.4) is 0 Å². The number of ether oxygens (including phenoxy) is 1. The van der Waals surface area contributed by atoms with Crippen LogP contribution in [-0.4, -0.2) is 18.0 Å². The van der Waals surface area contributed by atoms with E-state index in [1.165, 1.54) is 6.92 Å². The Morgan fingerprint density at radius 1 is 1.33 bits per heavy atom. The van der Waals surface area contributed by atoms with E-state index in [0.717, 1.165) is 25.7 Å². The van der Waals surface area contributed by atoms with Gasteiger partial charge in [0.1, 0.15) is 0 Å². The topological polar surface area (TPSA) is 69.4 Å². The molecule has 0 aromatic carbocycles. The molecule has 4 nitrogen and oxygen atoms in total. The lowest BCUT2D eigenvalue weighted by atomic mass is 10.00. The molecule has 0 saturated heterocycles. The number of nitrogens with two attached hydrogens (primary N) is 1. The highest BCUT2D eigenvalue weighted by Gasteiger charge is 2.21. The number of hydrogen-bond donors (Lipinski definition) is 1. The summed E-state index contributed by atoms with van der Waals surface area (Å²) < 4.78 is 4.95. The fraction of sp³-hybridized carbons (Fsp3) is 0.818. The average Bonchev–Trinajstić information content (AvgIpc) is 2.18. The van der Waals surface area contributed by atoms with Gasteiger partial charge in [-0.2, -0.15) is 0 Å². The molecule has 0 aliphatic carbocycles. The maximum absolute atomic E-state index is 11.6. The van der Waals surface area contributed by atoms with Crippen LogP contribution in [0.2, 0.25) is 0 Å². The first-order valence-corrected chi connectivity index (χ1v) is 5.52. The van der Waals surface area contributed by atoms with E-state index in [1.54, 1.807) is 0 Å². The highest BCUT2D eigenvalue weighted by atomic mass is 16.5. The van der Waals surface area contributed by atoms with Gasteiger partial charge in [-0.15, -0.1) is 0 Å². The Hall–Kier alpha value is -1.06. The number of esters is 1. The summed E-state index contributed by atoms with van der Waals surface area (Å²) in [6.07, 6.45) is 2.78. The van der Waals surface area contributed by atoms with E-state index >= 15 is 0 Å². The Morgan fingerprint density at radius 2 is 1.93 bits per heavy atom. The minimum absolute atomic E-state index is 0.105. The number of unbranched alkanes of at least 4 members (excludes halogenated alkanes) is 1. The van der Waals surface area contributed by atoms with Gasteiger partial charge < -0.3 is 10.5 Å². The number of carbonyl (C=O) groups excluding carboxylic acids is 2. The van der Waals surface area contributed by atoms with E-state index in [4.69, 9.17) is 10.5 Å². The molecule has 15 heavy (non-hydrogen) atoms. The Kier molecular flexibility index (Phi) is 6.75. The third-order valence-corrected chi connectivity index (χ3v) is 2.43. The van der Waals surface area contributed by atoms with Crippen LogP contribution in [0.1, 0.15) is 46.5 Å². The molecule has 4 heteroatoms. The van der Waals surface area contributed by atoms with Gasteiger partial charge in [-0.05, 0) is 19.8 Å². The smallest absolute Gasteiger partial charge is 0.309 e. The lowest BCUT2D eigenvalue weighted by molar-refractivity contribution is -0.158. The summed E-state index contributed by atoms with van der Waals surface area (Å²) in [6.45, 7) is 5.51. The second kappa shape index (κ2) is 7.26. The van der Waals surface area contributed by atoms with Crippen LogP contribution in [0, 0.1) is 5.92 Å². The highest BCUT2D eigenvalue weighted by Crippen LogP contribution is 2.15. The number of primary amides is 1. The number of rotatable bonds is 7. The van der Waals surface area contributed by atoms with Crippen LogP contribution in [-0.2, 0) is 14.3 Å². The van der Waals surface area contributed by atoms with Gasteiger partial charge >= 0.3 is 5.97 Å². The Labute approximate surface area is 91.2 Å². The van der Waals surface area contributed by atoms with Crippen molar-refractivity contribution in [1.29, 1.82) is 0 Å². The summed E-state index contributed by atoms with van der Waals surface area (Å²) in [5, 5.41) is 0. The number of hydrogen-bond acceptors (Lipinski definition) is 3. The molecule has 0 aliphatic heterocycles. The van der Waals surface area contributed by atoms with Crippen LogP contribution in [0.25, 0.3) is 0 Å². The molecule has 0 radical (unpaired) electrons. The van der Waals surface area contributed by atoms with E-state index in [0.29, 0.717) is 0 Å². The molecule has 0 fully saturated rings. The van der Waals surface area contributed by atoms with Crippen molar-refractivity contribution in [3.8, 4) is 0 Å². The van der Waals surface area contributed by atoms with Crippen LogP contribution in [0.5, 0.6) is 0 Å². The fourth-order valence-electron chi connectivity index (χ4n) is 1.27. The van der Waals surface area contributed by atoms with Gasteiger partial charge in [0.2, 0.25) is 0 Å². The van der Waals surface area contributed by atoms with Crippen LogP contribution in [0.15, 0.2) is 0 Å². The van der Waals surface area contributed by atoms with Crippen LogP contribution in [0.4, 0.5) is 0 Å². The van der Waals surface area contributed by atoms with Gasteiger partial charge in [-0.25, -0.2) is 0 Å². The SMILES string of the molecule is CCCC[C@@H](CC)C(=O)O[C@@H](C)C(N)=O. The number of carbonyl (C=O) groups is 2. The number of amides is 1. The van der Waals surface area contributed by atoms with E-state index < -0.39 is 12.0 Å². The largest absolute Gasteiger partial charge is 0.452 e. The van der Waals surface area contributed by atoms with E-state index in [2.05, 4.69) is 6.92 Å². The van der Waals surface area contributed by atoms with Gasteiger partial charge in [-0.1, -0.05) is 26.7 Å². The molecule has 0 spiro atoms. The Balaban J connectivity index is 4.09. The van der Waals surface area contributed by atoms with Gasteiger partial charge in [0.05, 0.1) is 5.92 Å². The molecule has 0 aromatic heterocycles. The average molecular weight is 215 g/mol. The first-order valence-electron chi connectivity index (χ1n) is 5.52. The van der Waals surface area contributed by atoms with Crippen molar-refractivity contribution in [2.45, 2.75) is 52.6 Å². The summed E-state index contributed by atoms with van der Waals surface area (Å²) in [7, 11) is 0. The first-order chi connectivity index (χ1) is 7.02. The van der Waals surface area contributed by atoms with Crippen molar-refractivity contribution < 1.29 is 14.3 Å². The molecule has 0 unspecified atom stereocenters. The lowest BCUT2D eigenvalue weighted by Gasteiger charge is -2.16. The highest BCUT2D eigenvalue weighted by molar-refractivity contribution is 5.82. The molecule has 0 saturated carbocycles. The summed E-state index contributed by atoms with van der Waals surface area (Å²) in [6, 6.07) is 0. The Bertz CT molecular complexity index is 216. The molecular formula is C11H21NO3. The van der Waals surface area contributed by atoms with Crippen molar-refractivity contribution in [2.75, 3.05) is 0 Å². The standard InChI is InChI=1S/C11H21NO3/c1-4-6-7-9(5-2)11(14)15-8(3)10(12)13/h8-9H,4-7H2,1-3H3,(H2,12,13)/t8-,9+/m0/s1. The second-order valence-corrected chi connectivity index (χ2v) is 3.73. The molecule has 2 N–H and O–H groups in total. The van der Waals surface area contributed by atoms with Crippen molar-refractivity contribution in [2.24, 2.45) is 11.7 Å². The zero-order chi connectivity index (χ0) is 11.8. The Morgan fingerprint density at radius 3 is 2.33 bits per heavy atom. The van der Waals surface area contributed by atoms with Gasteiger partial charge in [0.25, 0.3) is 5.91 Å². The molecule has 88 valence electrons. The third kappa shape index (κ3) is 5.40.